The number of nitrogens with one attached hydrogen (secondary N) is 1. The quantitative estimate of drug-likeness (QED) is 0.528. The minimum absolute atomic E-state index is 0.150. The fraction of sp³-hybridized carbons (Fsp3) is 0.417. The van der Waals surface area contributed by atoms with E-state index < -0.39 is 45.8 Å². The van der Waals surface area contributed by atoms with Crippen molar-refractivity contribution in [3.8, 4) is 5.75 Å². The summed E-state index contributed by atoms with van der Waals surface area (Å²) in [5, 5.41) is 1.18. The van der Waals surface area contributed by atoms with Gasteiger partial charge in [-0.2, -0.15) is 39.5 Å². The molecule has 0 aliphatic rings. The van der Waals surface area contributed by atoms with E-state index in [2.05, 4.69) is 4.74 Å². The second-order valence-electron chi connectivity index (χ2n) is 4.52. The number of hydrogen-bond acceptors (Lipinski definition) is 2. The number of carbonyl (C=O) groups is 1. The van der Waals surface area contributed by atoms with Crippen LogP contribution in [0.4, 0.5) is 45.2 Å². The smallest absolute Gasteiger partial charge is 0.421 e. The molecule has 0 aliphatic heterocycles. The lowest BCUT2D eigenvalue weighted by Crippen LogP contribution is -2.59. The molecule has 0 saturated heterocycles. The Bertz CT molecular complexity index is 637. The Morgan fingerprint density at radius 1 is 1.00 bits per heavy atom. The summed E-state index contributed by atoms with van der Waals surface area (Å²) >= 11 is 1.33. The lowest BCUT2D eigenvalue weighted by atomic mass is 10.1. The Morgan fingerprint density at radius 3 is 1.84 bits per heavy atom. The number of hydrogen-bond donors (Lipinski definition) is 1. The maximum atomic E-state index is 12.8. The van der Waals surface area contributed by atoms with Crippen LogP contribution in [0.1, 0.15) is 5.56 Å². The molecule has 0 unspecified atom stereocenters. The molecular formula is C12H7BrF9NO2. The molecule has 0 heterocycles. The monoisotopic (exact) mass is 447 g/mol. The average molecular weight is 448 g/mol. The maximum Gasteiger partial charge on any atom is 0.421 e. The van der Waals surface area contributed by atoms with Gasteiger partial charge in [0, 0.05) is 0 Å². The predicted molar refractivity (Wildman–Crippen MR) is 70.4 cm³/mol. The van der Waals surface area contributed by atoms with Crippen LogP contribution in [0.15, 0.2) is 18.2 Å². The van der Waals surface area contributed by atoms with Crippen LogP contribution < -0.4 is 10.1 Å². The molecule has 0 fully saturated rings. The zero-order valence-corrected chi connectivity index (χ0v) is 13.4. The number of ether oxygens (including phenoxy) is 1. The normalized spacial score (nSPS) is 13.6. The molecule has 0 aromatic heterocycles. The van der Waals surface area contributed by atoms with Crippen LogP contribution in [0, 0.1) is 0 Å². The first-order valence-corrected chi connectivity index (χ1v) is 6.74. The van der Waals surface area contributed by atoms with Gasteiger partial charge in [0.15, 0.2) is 0 Å². The molecule has 0 aliphatic carbocycles. The number of anilines is 1. The molecule has 0 spiro atoms. The van der Waals surface area contributed by atoms with Gasteiger partial charge in [-0.05, 0) is 18.2 Å². The van der Waals surface area contributed by atoms with Gasteiger partial charge in [-0.25, -0.2) is 0 Å². The summed E-state index contributed by atoms with van der Waals surface area (Å²) in [6, 6.07) is 1.26. The van der Waals surface area contributed by atoms with Gasteiger partial charge in [-0.15, -0.1) is 0 Å². The number of halogens is 10. The van der Waals surface area contributed by atoms with Crippen molar-refractivity contribution in [3.05, 3.63) is 23.8 Å². The third-order valence-corrected chi connectivity index (χ3v) is 4.13. The highest BCUT2D eigenvalue weighted by Gasteiger charge is 2.74. The topological polar surface area (TPSA) is 38.3 Å². The van der Waals surface area contributed by atoms with Crippen molar-refractivity contribution in [3.63, 3.8) is 0 Å². The average Bonchev–Trinajstić information content (AvgIpc) is 2.42. The molecule has 0 radical (unpaired) electrons. The van der Waals surface area contributed by atoms with E-state index in [0.717, 1.165) is 7.11 Å². The Balaban J connectivity index is 3.39. The number of methoxy groups -OCH3 is 1. The standard InChI is InChI=1S/C12H7BrF9NO2/c1-25-7-3-2-5(10(14,15)16)4-6(7)23-8(24)9(13,11(17,18)19)12(20,21)22/h2-4H,1H3,(H,23,24). The number of amides is 1. The zero-order valence-electron chi connectivity index (χ0n) is 11.8. The highest BCUT2D eigenvalue weighted by molar-refractivity contribution is 9.10. The molecule has 0 atom stereocenters. The number of alkyl halides is 10. The van der Waals surface area contributed by atoms with E-state index in [0.29, 0.717) is 12.1 Å². The van der Waals surface area contributed by atoms with Crippen LogP contribution in [0.25, 0.3) is 0 Å². The SMILES string of the molecule is COc1ccc(C(F)(F)F)cc1NC(=O)C(Br)(C(F)(F)F)C(F)(F)F. The molecule has 3 nitrogen and oxygen atoms in total. The zero-order chi connectivity index (χ0) is 19.8. The second kappa shape index (κ2) is 6.57. The lowest BCUT2D eigenvalue weighted by Gasteiger charge is -2.30. The minimum atomic E-state index is -6.12. The van der Waals surface area contributed by atoms with E-state index in [9.17, 15) is 44.3 Å². The van der Waals surface area contributed by atoms with Crippen LogP contribution in [0.3, 0.4) is 0 Å². The van der Waals surface area contributed by atoms with Gasteiger partial charge in [0.25, 0.3) is 10.2 Å². The van der Waals surface area contributed by atoms with E-state index in [4.69, 9.17) is 0 Å². The first-order chi connectivity index (χ1) is 11.1. The summed E-state index contributed by atoms with van der Waals surface area (Å²) in [5.41, 5.74) is -2.43. The summed E-state index contributed by atoms with van der Waals surface area (Å²) in [6.45, 7) is 0. The molecule has 1 aromatic carbocycles. The Hall–Kier alpha value is -1.66. The lowest BCUT2D eigenvalue weighted by molar-refractivity contribution is -0.253. The summed E-state index contributed by atoms with van der Waals surface area (Å²) in [7, 11) is 0.896. The molecule has 25 heavy (non-hydrogen) atoms. The molecule has 1 amide bonds. The van der Waals surface area contributed by atoms with E-state index in [1.54, 1.807) is 0 Å². The molecule has 13 heteroatoms. The van der Waals surface area contributed by atoms with Crippen molar-refractivity contribution in [2.24, 2.45) is 0 Å². The highest BCUT2D eigenvalue weighted by atomic mass is 79.9. The molecule has 0 saturated carbocycles. The Labute approximate surface area is 142 Å². The molecule has 0 bridgehead atoms. The second-order valence-corrected chi connectivity index (χ2v) is 5.71. The molecule has 142 valence electrons. The first-order valence-electron chi connectivity index (χ1n) is 5.94. The van der Waals surface area contributed by atoms with Crippen molar-refractivity contribution in [1.29, 1.82) is 0 Å². The van der Waals surface area contributed by atoms with Gasteiger partial charge in [0.2, 0.25) is 0 Å². The third kappa shape index (κ3) is 4.12. The van der Waals surface area contributed by atoms with Crippen LogP contribution in [0.2, 0.25) is 0 Å². The van der Waals surface area contributed by atoms with Crippen molar-refractivity contribution in [1.82, 2.24) is 0 Å². The highest BCUT2D eigenvalue weighted by Crippen LogP contribution is 2.50. The molecular weight excluding hydrogens is 441 g/mol. The number of carbonyl (C=O) groups excluding carboxylic acids is 1. The van der Waals surface area contributed by atoms with Gasteiger partial charge in [0.05, 0.1) is 18.4 Å². The fourth-order valence-corrected chi connectivity index (χ4v) is 1.71. The minimum Gasteiger partial charge on any atom is -0.495 e. The van der Waals surface area contributed by atoms with Gasteiger partial charge in [-0.3, -0.25) is 4.79 Å². The fourth-order valence-electron chi connectivity index (χ4n) is 1.61. The van der Waals surface area contributed by atoms with Crippen molar-refractivity contribution >= 4 is 27.5 Å². The van der Waals surface area contributed by atoms with Crippen molar-refractivity contribution in [2.75, 3.05) is 12.4 Å². The first kappa shape index (κ1) is 21.4. The summed E-state index contributed by atoms with van der Waals surface area (Å²) < 4.78 is 114. The van der Waals surface area contributed by atoms with Gasteiger partial charge in [-0.1, -0.05) is 15.9 Å². The summed E-state index contributed by atoms with van der Waals surface area (Å²) in [5.74, 6) is -3.24. The van der Waals surface area contributed by atoms with Gasteiger partial charge in [0.1, 0.15) is 5.75 Å². The van der Waals surface area contributed by atoms with Gasteiger partial charge >= 0.3 is 18.5 Å². The summed E-state index contributed by atoms with van der Waals surface area (Å²) in [6.07, 6.45) is -17.2. The summed E-state index contributed by atoms with van der Waals surface area (Å²) in [4.78, 5) is 11.6. The Morgan fingerprint density at radius 2 is 1.48 bits per heavy atom. The van der Waals surface area contributed by atoms with E-state index in [-0.39, 0.29) is 6.07 Å². The van der Waals surface area contributed by atoms with Crippen molar-refractivity contribution < 1.29 is 49.0 Å². The molecule has 1 N–H and O–H groups in total. The third-order valence-electron chi connectivity index (χ3n) is 2.87. The molecule has 1 aromatic rings. The van der Waals surface area contributed by atoms with Crippen LogP contribution in [-0.4, -0.2) is 29.7 Å². The van der Waals surface area contributed by atoms with Crippen molar-refractivity contribution in [2.45, 2.75) is 22.9 Å². The van der Waals surface area contributed by atoms with Gasteiger partial charge < -0.3 is 10.1 Å². The van der Waals surface area contributed by atoms with E-state index in [1.807, 2.05) is 0 Å². The van der Waals surface area contributed by atoms with Crippen LogP contribution >= 0.6 is 15.9 Å². The van der Waals surface area contributed by atoms with E-state index >= 15 is 0 Å². The predicted octanol–water partition coefficient (Wildman–Crippen LogP) is 4.91. The largest absolute Gasteiger partial charge is 0.495 e. The van der Waals surface area contributed by atoms with E-state index in [1.165, 1.54) is 21.2 Å². The maximum absolute atomic E-state index is 12.8. The molecule has 1 rings (SSSR count). The Kier molecular flexibility index (Phi) is 5.62. The van der Waals surface area contributed by atoms with Crippen LogP contribution in [0.5, 0.6) is 5.75 Å². The number of rotatable bonds is 3. The van der Waals surface area contributed by atoms with Crippen LogP contribution in [-0.2, 0) is 11.0 Å². The number of benzene rings is 1.